The second-order valence-corrected chi connectivity index (χ2v) is 9.67. The summed E-state index contributed by atoms with van der Waals surface area (Å²) in [5, 5.41) is 10.1. The number of nitrogens with zero attached hydrogens (tertiary/aromatic N) is 2. The first-order chi connectivity index (χ1) is 19.0. The number of rotatable bonds is 14. The molecular weight excluding hydrogens is 514 g/mol. The number of aldehydes is 2. The normalized spacial score (nSPS) is 11.8. The smallest absolute Gasteiger partial charge is 0.236 e. The van der Waals surface area contributed by atoms with E-state index >= 15 is 0 Å². The van der Waals surface area contributed by atoms with E-state index in [9.17, 15) is 14.4 Å². The highest BCUT2D eigenvalue weighted by atomic mass is 35.5. The average molecular weight is 546 g/mol. The molecule has 0 saturated carbocycles. The van der Waals surface area contributed by atoms with Crippen molar-refractivity contribution in [1.82, 2.24) is 25.3 Å². The number of halogens is 1. The molecule has 2 aromatic carbocycles. The maximum atomic E-state index is 12.3. The molecule has 2 aromatic heterocycles. The van der Waals surface area contributed by atoms with Crippen LogP contribution in [0.4, 0.5) is 0 Å². The lowest BCUT2D eigenvalue weighted by molar-refractivity contribution is -0.122. The van der Waals surface area contributed by atoms with Gasteiger partial charge < -0.3 is 25.1 Å². The van der Waals surface area contributed by atoms with Gasteiger partial charge in [-0.2, -0.15) is 0 Å². The molecule has 0 fully saturated rings. The molecule has 2 heterocycles. The summed E-state index contributed by atoms with van der Waals surface area (Å²) in [6, 6.07) is 15.1. The Morgan fingerprint density at radius 2 is 1.95 bits per heavy atom. The molecule has 1 atom stereocenters. The minimum atomic E-state index is -0.539. The number of likely N-dealkylation sites (N-methyl/N-ethyl adjacent to an activating group) is 1. The largest absolute Gasteiger partial charge is 0.358 e. The first-order valence-electron chi connectivity index (χ1n) is 12.9. The molecule has 39 heavy (non-hydrogen) atoms. The molecule has 3 N–H and O–H groups in total. The second kappa shape index (κ2) is 13.8. The van der Waals surface area contributed by atoms with Crippen molar-refractivity contribution in [2.45, 2.75) is 38.4 Å². The average Bonchev–Trinajstić information content (AvgIpc) is 3.44. The minimum absolute atomic E-state index is 0.200. The molecule has 0 aliphatic heterocycles. The van der Waals surface area contributed by atoms with Gasteiger partial charge in [0.2, 0.25) is 5.91 Å². The van der Waals surface area contributed by atoms with Gasteiger partial charge in [-0.3, -0.25) is 9.59 Å². The van der Waals surface area contributed by atoms with Crippen molar-refractivity contribution >= 4 is 35.7 Å². The molecule has 202 valence electrons. The maximum Gasteiger partial charge on any atom is 0.236 e. The van der Waals surface area contributed by atoms with Crippen LogP contribution in [-0.2, 0) is 29.1 Å². The highest BCUT2D eigenvalue weighted by Crippen LogP contribution is 2.27. The first-order valence-corrected chi connectivity index (χ1v) is 13.3. The summed E-state index contributed by atoms with van der Waals surface area (Å²) in [4.78, 5) is 39.5. The summed E-state index contributed by atoms with van der Waals surface area (Å²) >= 11 is 6.28. The van der Waals surface area contributed by atoms with Crippen LogP contribution in [-0.4, -0.2) is 47.5 Å². The van der Waals surface area contributed by atoms with E-state index < -0.39 is 6.04 Å². The monoisotopic (exact) mass is 545 g/mol. The fourth-order valence-corrected chi connectivity index (χ4v) is 4.80. The minimum Gasteiger partial charge on any atom is -0.358 e. The van der Waals surface area contributed by atoms with E-state index in [-0.39, 0.29) is 12.3 Å². The summed E-state index contributed by atoms with van der Waals surface area (Å²) in [7, 11) is 1.56. The number of aromatic nitrogens is 2. The zero-order valence-corrected chi connectivity index (χ0v) is 22.6. The Hall–Kier alpha value is -3.85. The van der Waals surface area contributed by atoms with Gasteiger partial charge in [0.1, 0.15) is 18.2 Å². The van der Waals surface area contributed by atoms with E-state index in [1.165, 1.54) is 0 Å². The van der Waals surface area contributed by atoms with Gasteiger partial charge in [-0.05, 0) is 59.8 Å². The van der Waals surface area contributed by atoms with E-state index in [2.05, 4.69) is 33.2 Å². The number of pyridine rings is 1. The van der Waals surface area contributed by atoms with E-state index in [1.54, 1.807) is 19.3 Å². The Morgan fingerprint density at radius 3 is 2.72 bits per heavy atom. The molecule has 1 unspecified atom stereocenters. The molecule has 0 spiro atoms. The van der Waals surface area contributed by atoms with E-state index in [0.717, 1.165) is 64.0 Å². The molecule has 4 rings (SSSR count). The van der Waals surface area contributed by atoms with Crippen molar-refractivity contribution in [3.05, 3.63) is 94.4 Å². The summed E-state index contributed by atoms with van der Waals surface area (Å²) in [6.45, 7) is 1.74. The molecule has 0 aliphatic carbocycles. The number of fused-ring (bicyclic) bond motifs is 1. The van der Waals surface area contributed by atoms with Gasteiger partial charge in [0.05, 0.1) is 6.04 Å². The molecule has 4 aromatic rings. The molecule has 0 saturated heterocycles. The van der Waals surface area contributed by atoms with Gasteiger partial charge in [-0.1, -0.05) is 41.9 Å². The van der Waals surface area contributed by atoms with Crippen molar-refractivity contribution in [1.29, 1.82) is 0 Å². The lowest BCUT2D eigenvalue weighted by atomic mass is 9.98. The highest BCUT2D eigenvalue weighted by Gasteiger charge is 2.17. The molecule has 0 bridgehead atoms. The topological polar surface area (TPSA) is 105 Å². The number of nitrogens with one attached hydrogen (secondary N) is 3. The summed E-state index contributed by atoms with van der Waals surface area (Å²) in [6.07, 6.45) is 8.80. The fourth-order valence-electron chi connectivity index (χ4n) is 4.57. The van der Waals surface area contributed by atoms with Crippen LogP contribution in [0.25, 0.3) is 16.8 Å². The van der Waals surface area contributed by atoms with E-state index in [1.807, 2.05) is 47.0 Å². The van der Waals surface area contributed by atoms with E-state index in [0.29, 0.717) is 25.1 Å². The Labute approximate surface area is 232 Å². The van der Waals surface area contributed by atoms with Crippen LogP contribution in [0.5, 0.6) is 0 Å². The van der Waals surface area contributed by atoms with E-state index in [4.69, 9.17) is 11.6 Å². The summed E-state index contributed by atoms with van der Waals surface area (Å²) in [5.74, 6) is -0.200. The Balaban J connectivity index is 1.54. The van der Waals surface area contributed by atoms with Gasteiger partial charge in [-0.25, -0.2) is 4.98 Å². The van der Waals surface area contributed by atoms with Crippen LogP contribution in [0.2, 0.25) is 5.02 Å². The van der Waals surface area contributed by atoms with Gasteiger partial charge in [0, 0.05) is 61.3 Å². The quantitative estimate of drug-likeness (QED) is 0.163. The molecular formula is C30H32ClN5O3. The predicted octanol–water partition coefficient (Wildman–Crippen LogP) is 3.98. The third-order valence-corrected chi connectivity index (χ3v) is 7.03. The van der Waals surface area contributed by atoms with Gasteiger partial charge >= 0.3 is 0 Å². The number of imidazole rings is 1. The lowest BCUT2D eigenvalue weighted by Gasteiger charge is -2.18. The lowest BCUT2D eigenvalue weighted by Crippen LogP contribution is -2.42. The third-order valence-electron chi connectivity index (χ3n) is 6.66. The first kappa shape index (κ1) is 28.2. The van der Waals surface area contributed by atoms with Crippen molar-refractivity contribution < 1.29 is 14.4 Å². The van der Waals surface area contributed by atoms with Crippen LogP contribution in [0, 0.1) is 0 Å². The third kappa shape index (κ3) is 7.17. The number of amides is 1. The Bertz CT molecular complexity index is 1450. The second-order valence-electron chi connectivity index (χ2n) is 9.26. The molecule has 0 radical (unpaired) electrons. The standard InChI is InChI=1S/C30H32ClN5O3/c1-32-30(39)28(7-4-14-37)35-18-25-16-23(8-9-24(25)20-38)26-15-21(19-36-13-12-34-29(26)36)17-33-11-10-22-5-2-3-6-27(22)31/h2-3,5-6,8-9,12-16,19-20,28,33,35H,4,7,10-11,17-18H2,1H3,(H,32,39). The van der Waals surface area contributed by atoms with Crippen LogP contribution in [0.1, 0.15) is 39.9 Å². The molecule has 0 aliphatic rings. The number of benzene rings is 2. The van der Waals surface area contributed by atoms with Gasteiger partial charge in [-0.15, -0.1) is 0 Å². The zero-order valence-electron chi connectivity index (χ0n) is 21.8. The molecule has 1 amide bonds. The van der Waals surface area contributed by atoms with Crippen LogP contribution < -0.4 is 16.0 Å². The number of hydrogen-bond acceptors (Lipinski definition) is 6. The predicted molar refractivity (Wildman–Crippen MR) is 153 cm³/mol. The number of carbonyl (C=O) groups is 3. The van der Waals surface area contributed by atoms with Crippen molar-refractivity contribution in [2.75, 3.05) is 13.6 Å². The molecule has 9 heteroatoms. The number of hydrogen-bond donors (Lipinski definition) is 3. The summed E-state index contributed by atoms with van der Waals surface area (Å²) < 4.78 is 1.99. The molecule has 8 nitrogen and oxygen atoms in total. The van der Waals surface area contributed by atoms with Crippen LogP contribution in [0.3, 0.4) is 0 Å². The number of carbonyl (C=O) groups excluding carboxylic acids is 3. The highest BCUT2D eigenvalue weighted by molar-refractivity contribution is 6.31. The van der Waals surface area contributed by atoms with Crippen LogP contribution in [0.15, 0.2) is 67.1 Å². The fraction of sp³-hybridized carbons (Fsp3) is 0.267. The Morgan fingerprint density at radius 1 is 1.10 bits per heavy atom. The van der Waals surface area contributed by atoms with Gasteiger partial charge in [0.25, 0.3) is 0 Å². The zero-order chi connectivity index (χ0) is 27.6. The van der Waals surface area contributed by atoms with Crippen molar-refractivity contribution in [3.8, 4) is 11.1 Å². The summed E-state index contributed by atoms with van der Waals surface area (Å²) in [5.41, 5.74) is 6.15. The van der Waals surface area contributed by atoms with Crippen molar-refractivity contribution in [2.24, 2.45) is 0 Å². The van der Waals surface area contributed by atoms with Crippen LogP contribution >= 0.6 is 11.6 Å². The SMILES string of the molecule is CNC(=O)C(CCC=O)NCc1cc(-c2cc(CNCCc3ccccc3Cl)cn3ccnc23)ccc1C=O. The maximum absolute atomic E-state index is 12.3. The Kier molecular flexibility index (Phi) is 9.97. The van der Waals surface area contributed by atoms with Crippen molar-refractivity contribution in [3.63, 3.8) is 0 Å². The van der Waals surface area contributed by atoms with Gasteiger partial charge in [0.15, 0.2) is 0 Å².